The van der Waals surface area contributed by atoms with Gasteiger partial charge in [0.1, 0.15) is 0 Å². The van der Waals surface area contributed by atoms with Gasteiger partial charge in [-0.25, -0.2) is 0 Å². The number of hydrogen-bond acceptors (Lipinski definition) is 1. The van der Waals surface area contributed by atoms with Gasteiger partial charge in [0.15, 0.2) is 0 Å². The molecule has 1 heterocycles. The van der Waals surface area contributed by atoms with Gasteiger partial charge >= 0.3 is 6.98 Å². The van der Waals surface area contributed by atoms with E-state index < -0.39 is 13.3 Å². The number of halogens is 4. The van der Waals surface area contributed by atoms with E-state index in [1.807, 2.05) is 0 Å². The summed E-state index contributed by atoms with van der Waals surface area (Å²) in [6.07, 6.45) is -0.431. The molecule has 0 saturated heterocycles. The highest BCUT2D eigenvalue weighted by Crippen LogP contribution is 2.25. The Morgan fingerprint density at radius 3 is 2.36 bits per heavy atom. The summed E-state index contributed by atoms with van der Waals surface area (Å²) >= 11 is 5.76. The third kappa shape index (κ3) is 2.44. The van der Waals surface area contributed by atoms with Crippen molar-refractivity contribution < 1.29 is 12.9 Å². The van der Waals surface area contributed by atoms with Crippen LogP contribution in [0.3, 0.4) is 0 Å². The Bertz CT molecular complexity index is 334. The molecule has 1 aromatic rings. The van der Waals surface area contributed by atoms with Gasteiger partial charge in [-0.3, -0.25) is 4.68 Å². The fraction of sp³-hybridized carbons (Fsp3) is 0.571. The fourth-order valence-corrected chi connectivity index (χ4v) is 1.63. The van der Waals surface area contributed by atoms with Crippen molar-refractivity contribution >= 4 is 18.6 Å². The normalized spacial score (nSPS) is 12.1. The topological polar surface area (TPSA) is 17.8 Å². The highest BCUT2D eigenvalue weighted by molar-refractivity contribution is 6.58. The quantitative estimate of drug-likeness (QED) is 0.723. The minimum atomic E-state index is -4.86. The zero-order valence-corrected chi connectivity index (χ0v) is 8.65. The Labute approximate surface area is 85.1 Å². The summed E-state index contributed by atoms with van der Waals surface area (Å²) in [5, 5.41) is 4.05. The second-order valence-corrected chi connectivity index (χ2v) is 3.48. The van der Waals surface area contributed by atoms with Gasteiger partial charge in [0.2, 0.25) is 0 Å². The molecular weight excluding hydrogens is 215 g/mol. The van der Waals surface area contributed by atoms with E-state index >= 15 is 0 Å². The molecule has 0 spiro atoms. The van der Waals surface area contributed by atoms with Gasteiger partial charge < -0.3 is 12.9 Å². The van der Waals surface area contributed by atoms with Crippen LogP contribution in [-0.4, -0.2) is 16.8 Å². The van der Waals surface area contributed by atoms with Crippen molar-refractivity contribution in [3.05, 3.63) is 16.4 Å². The van der Waals surface area contributed by atoms with Crippen LogP contribution in [0, 0.1) is 0 Å². The third-order valence-corrected chi connectivity index (χ3v) is 2.36. The van der Waals surface area contributed by atoms with Crippen molar-refractivity contribution in [1.29, 1.82) is 0 Å². The molecule has 1 aromatic heterocycles. The lowest BCUT2D eigenvalue weighted by Gasteiger charge is -2.13. The molecule has 2 nitrogen and oxygen atoms in total. The van der Waals surface area contributed by atoms with Gasteiger partial charge in [-0.1, -0.05) is 18.5 Å². The molecule has 0 saturated carbocycles. The summed E-state index contributed by atoms with van der Waals surface area (Å²) in [4.78, 5) is 0. The molecule has 1 rings (SSSR count). The van der Waals surface area contributed by atoms with Gasteiger partial charge in [-0.2, -0.15) is 5.10 Å². The van der Waals surface area contributed by atoms with Crippen molar-refractivity contribution in [3.8, 4) is 0 Å². The van der Waals surface area contributed by atoms with Crippen molar-refractivity contribution in [1.82, 2.24) is 9.78 Å². The monoisotopic (exact) mass is 225 g/mol. The molecule has 0 unspecified atom stereocenters. The molecule has 0 aliphatic carbocycles. The zero-order valence-electron chi connectivity index (χ0n) is 7.90. The van der Waals surface area contributed by atoms with Crippen LogP contribution >= 0.6 is 11.6 Å². The fourth-order valence-electron chi connectivity index (χ4n) is 1.26. The third-order valence-electron chi connectivity index (χ3n) is 1.93. The summed E-state index contributed by atoms with van der Waals surface area (Å²) in [5.74, 6) is 0. The number of aromatic nitrogens is 2. The van der Waals surface area contributed by atoms with Crippen molar-refractivity contribution in [2.45, 2.75) is 19.7 Å². The van der Waals surface area contributed by atoms with Gasteiger partial charge in [-0.05, 0) is 12.7 Å². The smallest absolute Gasteiger partial charge is 0.449 e. The Morgan fingerprint density at radius 1 is 1.43 bits per heavy atom. The van der Waals surface area contributed by atoms with Crippen LogP contribution in [0.4, 0.5) is 12.9 Å². The van der Waals surface area contributed by atoms with Gasteiger partial charge in [0, 0.05) is 12.7 Å². The number of nitrogens with zero attached hydrogens (tertiary/aromatic N) is 2. The maximum atomic E-state index is 12.2. The summed E-state index contributed by atoms with van der Waals surface area (Å²) in [6, 6.07) is 0. The molecule has 0 amide bonds. The molecular formula is C7H10BClF3N2-. The lowest BCUT2D eigenvalue weighted by Crippen LogP contribution is -2.21. The van der Waals surface area contributed by atoms with Crippen LogP contribution in [0.15, 0.2) is 0 Å². The minimum Gasteiger partial charge on any atom is -0.449 e. The van der Waals surface area contributed by atoms with Crippen LogP contribution in [0.2, 0.25) is 5.02 Å². The SMILES string of the molecule is CCc1nn(C)c(C[B-](F)(F)F)c1Cl. The van der Waals surface area contributed by atoms with Crippen molar-refractivity contribution in [2.24, 2.45) is 7.05 Å². The predicted molar refractivity (Wildman–Crippen MR) is 50.4 cm³/mol. The molecule has 7 heteroatoms. The molecule has 0 atom stereocenters. The molecule has 0 radical (unpaired) electrons. The Morgan fingerprint density at radius 2 is 2.00 bits per heavy atom. The van der Waals surface area contributed by atoms with Crippen LogP contribution in [-0.2, 0) is 19.8 Å². The molecule has 0 N–H and O–H groups in total. The molecule has 0 aliphatic rings. The van der Waals surface area contributed by atoms with E-state index in [-0.39, 0.29) is 10.7 Å². The molecule has 0 aliphatic heterocycles. The lowest BCUT2D eigenvalue weighted by molar-refractivity contribution is 0.464. The molecule has 0 aromatic carbocycles. The summed E-state index contributed by atoms with van der Waals surface area (Å²) in [6.45, 7) is -3.06. The molecule has 80 valence electrons. The van der Waals surface area contributed by atoms with Crippen molar-refractivity contribution in [3.63, 3.8) is 0 Å². The Balaban J connectivity index is 3.03. The zero-order chi connectivity index (χ0) is 10.9. The van der Waals surface area contributed by atoms with E-state index in [1.54, 1.807) is 6.92 Å². The van der Waals surface area contributed by atoms with Gasteiger partial charge in [-0.15, -0.1) is 0 Å². The van der Waals surface area contributed by atoms with E-state index in [4.69, 9.17) is 11.6 Å². The first kappa shape index (κ1) is 11.4. The second kappa shape index (κ2) is 3.84. The number of hydrogen-bond donors (Lipinski definition) is 0. The van der Waals surface area contributed by atoms with E-state index in [0.29, 0.717) is 12.1 Å². The van der Waals surface area contributed by atoms with Crippen LogP contribution in [0.5, 0.6) is 0 Å². The predicted octanol–water partition coefficient (Wildman–Crippen LogP) is 2.57. The van der Waals surface area contributed by atoms with E-state index in [0.717, 1.165) is 0 Å². The number of aryl methyl sites for hydroxylation is 2. The summed E-state index contributed by atoms with van der Waals surface area (Å²) in [7, 11) is 1.47. The molecule has 0 fully saturated rings. The Hall–Kier alpha value is -0.645. The van der Waals surface area contributed by atoms with Crippen molar-refractivity contribution in [2.75, 3.05) is 0 Å². The van der Waals surface area contributed by atoms with Gasteiger partial charge in [0.05, 0.1) is 10.7 Å². The molecule has 0 bridgehead atoms. The summed E-state index contributed by atoms with van der Waals surface area (Å²) in [5.41, 5.74) is 0.570. The van der Waals surface area contributed by atoms with Gasteiger partial charge in [0.25, 0.3) is 0 Å². The largest absolute Gasteiger partial charge is 0.484 e. The highest BCUT2D eigenvalue weighted by atomic mass is 35.5. The second-order valence-electron chi connectivity index (χ2n) is 3.10. The maximum absolute atomic E-state index is 12.2. The molecule has 14 heavy (non-hydrogen) atoms. The minimum absolute atomic E-state index is 0.0519. The Kier molecular flexibility index (Phi) is 3.14. The van der Waals surface area contributed by atoms with Crippen LogP contribution in [0.1, 0.15) is 18.3 Å². The van der Waals surface area contributed by atoms with E-state index in [1.165, 1.54) is 11.7 Å². The van der Waals surface area contributed by atoms with E-state index in [9.17, 15) is 12.9 Å². The first-order valence-electron chi connectivity index (χ1n) is 4.26. The standard InChI is InChI=1S/C7H10BClF3N2/c1-3-5-7(9)6(14(2)13-5)4-8(10,11)12/h3-4H2,1-2H3/q-1. The van der Waals surface area contributed by atoms with Crippen LogP contribution < -0.4 is 0 Å². The summed E-state index contributed by atoms with van der Waals surface area (Å²) < 4.78 is 37.7. The van der Waals surface area contributed by atoms with E-state index in [2.05, 4.69) is 5.10 Å². The first-order chi connectivity index (χ1) is 6.35. The van der Waals surface area contributed by atoms with Crippen LogP contribution in [0.25, 0.3) is 0 Å². The maximum Gasteiger partial charge on any atom is 0.484 e. The average molecular weight is 225 g/mol. The number of rotatable bonds is 3. The highest BCUT2D eigenvalue weighted by Gasteiger charge is 2.27. The first-order valence-corrected chi connectivity index (χ1v) is 4.64. The lowest BCUT2D eigenvalue weighted by atomic mass is 9.84. The average Bonchev–Trinajstić information content (AvgIpc) is 2.29.